The van der Waals surface area contributed by atoms with E-state index in [0.29, 0.717) is 0 Å². The minimum absolute atomic E-state index is 0.0430. The van der Waals surface area contributed by atoms with Crippen molar-refractivity contribution in [3.63, 3.8) is 0 Å². The molecule has 0 radical (unpaired) electrons. The molecule has 1 aromatic rings. The minimum Gasteiger partial charge on any atom is -0.508 e. The van der Waals surface area contributed by atoms with Crippen LogP contribution in [0.2, 0.25) is 0 Å². The number of phenols is 1. The van der Waals surface area contributed by atoms with Gasteiger partial charge in [0.25, 0.3) is 0 Å². The van der Waals surface area contributed by atoms with Gasteiger partial charge in [-0.3, -0.25) is 0 Å². The van der Waals surface area contributed by atoms with Gasteiger partial charge < -0.3 is 10.1 Å². The van der Waals surface area contributed by atoms with Crippen LogP contribution in [0.5, 0.6) is 5.75 Å². The van der Waals surface area contributed by atoms with Gasteiger partial charge >= 0.3 is 7.12 Å². The molecule has 0 bridgehead atoms. The predicted octanol–water partition coefficient (Wildman–Crippen LogP) is -0.0192. The van der Waals surface area contributed by atoms with Gasteiger partial charge in [-0.1, -0.05) is 16.7 Å². The van der Waals surface area contributed by atoms with Crippen molar-refractivity contribution in [2.45, 2.75) is 0 Å². The first-order valence-electron chi connectivity index (χ1n) is 2.98. The van der Waals surface area contributed by atoms with E-state index in [1.54, 1.807) is 0 Å². The van der Waals surface area contributed by atoms with Crippen LogP contribution in [0.3, 0.4) is 0 Å². The summed E-state index contributed by atoms with van der Waals surface area (Å²) in [4.78, 5) is 3.14. The van der Waals surface area contributed by atoms with Gasteiger partial charge in [0, 0.05) is 0 Å². The zero-order valence-electron chi connectivity index (χ0n) is 5.57. The zero-order chi connectivity index (χ0) is 8.27. The zero-order valence-corrected chi connectivity index (χ0v) is 5.57. The van der Waals surface area contributed by atoms with Gasteiger partial charge in [0.2, 0.25) is 0 Å². The Labute approximate surface area is 63.1 Å². The topological polar surface area (TPSA) is 49.7 Å². The fourth-order valence-corrected chi connectivity index (χ4v) is 0.730. The van der Waals surface area contributed by atoms with Crippen LogP contribution >= 0.6 is 0 Å². The Hall–Kier alpha value is -1.07. The van der Waals surface area contributed by atoms with Crippen molar-refractivity contribution in [3.05, 3.63) is 24.3 Å². The molecule has 0 aliphatic carbocycles. The second-order valence-corrected chi connectivity index (χ2v) is 2.04. The summed E-state index contributed by atoms with van der Waals surface area (Å²) in [6.45, 7) is 0. The van der Waals surface area contributed by atoms with Gasteiger partial charge in [-0.15, -0.1) is 0 Å². The molecule has 0 heterocycles. The van der Waals surface area contributed by atoms with Crippen LogP contribution in [0.1, 0.15) is 0 Å². The lowest BCUT2D eigenvalue weighted by atomic mass is 9.80. The quantitative estimate of drug-likeness (QED) is 0.591. The van der Waals surface area contributed by atoms with Crippen molar-refractivity contribution < 1.29 is 19.5 Å². The van der Waals surface area contributed by atoms with E-state index in [1.807, 2.05) is 0 Å². The lowest BCUT2D eigenvalue weighted by Crippen LogP contribution is -2.30. The Morgan fingerprint density at radius 1 is 1.45 bits per heavy atom. The van der Waals surface area contributed by atoms with Crippen molar-refractivity contribution in [3.8, 4) is 5.75 Å². The van der Waals surface area contributed by atoms with Gasteiger partial charge in [0.05, 0.1) is 0 Å². The molecule has 0 atom stereocenters. The molecule has 0 spiro atoms. The summed E-state index contributed by atoms with van der Waals surface area (Å²) in [5.41, 5.74) is 0.174. The molecule has 0 fully saturated rings. The van der Waals surface area contributed by atoms with Crippen molar-refractivity contribution in [2.75, 3.05) is 0 Å². The van der Waals surface area contributed by atoms with E-state index in [1.165, 1.54) is 24.3 Å². The highest BCUT2D eigenvalue weighted by molar-refractivity contribution is 6.59. The number of phenolic OH excluding ortho intramolecular Hbond substituents is 1. The maximum absolute atomic E-state index is 11.4. The average molecular weight is 156 g/mol. The molecule has 2 N–H and O–H groups in total. The van der Waals surface area contributed by atoms with E-state index >= 15 is 0 Å². The van der Waals surface area contributed by atoms with E-state index in [-0.39, 0.29) is 11.2 Å². The number of rotatable bonds is 2. The molecule has 0 saturated carbocycles. The Bertz CT molecular complexity index is 243. The summed E-state index contributed by atoms with van der Waals surface area (Å²) >= 11 is 0. The fraction of sp³-hybridized carbons (Fsp3) is 0. The maximum Gasteiger partial charge on any atom is 0.530 e. The van der Waals surface area contributed by atoms with E-state index in [9.17, 15) is 4.53 Å². The molecular weight excluding hydrogens is 150 g/mol. The summed E-state index contributed by atoms with van der Waals surface area (Å²) in [5.74, 6) is -0.0430. The Morgan fingerprint density at radius 2 is 2.18 bits per heavy atom. The maximum atomic E-state index is 11.4. The van der Waals surface area contributed by atoms with Crippen LogP contribution in [0.15, 0.2) is 24.3 Å². The molecule has 11 heavy (non-hydrogen) atoms. The molecular formula is C6H6BFO3. The number of benzene rings is 1. The first kappa shape index (κ1) is 8.04. The van der Waals surface area contributed by atoms with Gasteiger partial charge in [0.15, 0.2) is 0 Å². The highest BCUT2D eigenvalue weighted by Crippen LogP contribution is 2.03. The van der Waals surface area contributed by atoms with E-state index in [2.05, 4.69) is 4.86 Å². The Morgan fingerprint density at radius 3 is 2.73 bits per heavy atom. The first-order valence-corrected chi connectivity index (χ1v) is 2.98. The number of aromatic hydroxyl groups is 1. The summed E-state index contributed by atoms with van der Waals surface area (Å²) in [7, 11) is -1.62. The first-order chi connectivity index (χ1) is 5.24. The highest BCUT2D eigenvalue weighted by atomic mass is 19.3. The lowest BCUT2D eigenvalue weighted by molar-refractivity contribution is -0.0267. The van der Waals surface area contributed by atoms with E-state index < -0.39 is 7.12 Å². The Balaban J connectivity index is 2.86. The summed E-state index contributed by atoms with van der Waals surface area (Å²) < 4.78 is 11.4. The third-order valence-electron chi connectivity index (χ3n) is 1.24. The summed E-state index contributed by atoms with van der Waals surface area (Å²) in [6, 6.07) is 5.54. The predicted molar refractivity (Wildman–Crippen MR) is 37.9 cm³/mol. The van der Waals surface area contributed by atoms with Crippen molar-refractivity contribution in [1.82, 2.24) is 0 Å². The Kier molecular flexibility index (Phi) is 2.46. The van der Waals surface area contributed by atoms with Crippen LogP contribution in [-0.2, 0) is 4.86 Å². The largest absolute Gasteiger partial charge is 0.530 e. The van der Waals surface area contributed by atoms with Crippen LogP contribution in [0.4, 0.5) is 4.53 Å². The van der Waals surface area contributed by atoms with Crippen molar-refractivity contribution >= 4 is 12.6 Å². The van der Waals surface area contributed by atoms with Crippen LogP contribution in [0.25, 0.3) is 0 Å². The molecule has 0 unspecified atom stereocenters. The third-order valence-corrected chi connectivity index (χ3v) is 1.24. The summed E-state index contributed by atoms with van der Waals surface area (Å²) in [5, 5.41) is 17.6. The monoisotopic (exact) mass is 156 g/mol. The van der Waals surface area contributed by atoms with Gasteiger partial charge in [0.1, 0.15) is 5.75 Å². The minimum atomic E-state index is -1.62. The van der Waals surface area contributed by atoms with Gasteiger partial charge in [-0.05, 0) is 17.6 Å². The molecule has 0 aliphatic heterocycles. The molecule has 0 amide bonds. The van der Waals surface area contributed by atoms with Gasteiger partial charge in [-0.25, -0.2) is 4.86 Å². The normalized spacial score (nSPS) is 9.64. The van der Waals surface area contributed by atoms with E-state index in [4.69, 9.17) is 10.1 Å². The molecule has 5 heteroatoms. The molecule has 0 aromatic heterocycles. The third kappa shape index (κ3) is 1.93. The van der Waals surface area contributed by atoms with Crippen molar-refractivity contribution in [2.24, 2.45) is 0 Å². The lowest BCUT2D eigenvalue weighted by Gasteiger charge is -1.99. The highest BCUT2D eigenvalue weighted by Gasteiger charge is 2.17. The molecule has 3 nitrogen and oxygen atoms in total. The standard InChI is InChI=1S/C6H6BFO3/c8-11-7(10)5-2-1-3-6(9)4-5/h1-4,9-10H. The number of hydrogen-bond donors (Lipinski definition) is 2. The van der Waals surface area contributed by atoms with E-state index in [0.717, 1.165) is 0 Å². The molecule has 1 rings (SSSR count). The van der Waals surface area contributed by atoms with Crippen LogP contribution in [0, 0.1) is 0 Å². The second kappa shape index (κ2) is 3.36. The number of hydrogen-bond acceptors (Lipinski definition) is 3. The van der Waals surface area contributed by atoms with Crippen LogP contribution < -0.4 is 5.46 Å². The van der Waals surface area contributed by atoms with Crippen molar-refractivity contribution in [1.29, 1.82) is 0 Å². The second-order valence-electron chi connectivity index (χ2n) is 2.04. The molecule has 1 aromatic carbocycles. The molecule has 58 valence electrons. The average Bonchev–Trinajstić information content (AvgIpc) is 2.03. The van der Waals surface area contributed by atoms with Crippen LogP contribution in [-0.4, -0.2) is 17.2 Å². The molecule has 0 aliphatic rings. The molecule has 0 saturated heterocycles. The number of halogens is 1. The fourth-order valence-electron chi connectivity index (χ4n) is 0.730. The smallest absolute Gasteiger partial charge is 0.508 e. The summed E-state index contributed by atoms with van der Waals surface area (Å²) in [6.07, 6.45) is 0. The van der Waals surface area contributed by atoms with Gasteiger partial charge in [-0.2, -0.15) is 0 Å². The SMILES string of the molecule is OB(OF)c1cccc(O)c1.